The van der Waals surface area contributed by atoms with Crippen molar-refractivity contribution in [3.05, 3.63) is 35.9 Å². The van der Waals surface area contributed by atoms with Crippen LogP contribution in [0.4, 0.5) is 0 Å². The average molecular weight is 262 g/mol. The summed E-state index contributed by atoms with van der Waals surface area (Å²) in [6, 6.07) is 12.0. The van der Waals surface area contributed by atoms with Crippen LogP contribution in [-0.2, 0) is 0 Å². The van der Waals surface area contributed by atoms with E-state index in [0.29, 0.717) is 23.3 Å². The van der Waals surface area contributed by atoms with Crippen molar-refractivity contribution in [1.29, 1.82) is 0 Å². The summed E-state index contributed by atoms with van der Waals surface area (Å²) < 4.78 is 2.62. The Hall–Kier alpha value is -0.760. The van der Waals surface area contributed by atoms with Crippen molar-refractivity contribution < 1.29 is 4.58 Å². The highest BCUT2D eigenvalue weighted by molar-refractivity contribution is 8.14. The zero-order chi connectivity index (χ0) is 13.3. The summed E-state index contributed by atoms with van der Waals surface area (Å²) in [7, 11) is 0. The molecule has 0 radical (unpaired) electrons. The van der Waals surface area contributed by atoms with Gasteiger partial charge < -0.3 is 0 Å². The van der Waals surface area contributed by atoms with E-state index >= 15 is 0 Å². The molecule has 0 fully saturated rings. The number of hydrogen-bond donors (Lipinski definition) is 0. The minimum Gasteiger partial charge on any atom is -0.217 e. The van der Waals surface area contributed by atoms with Gasteiger partial charge in [0.05, 0.1) is 5.25 Å². The van der Waals surface area contributed by atoms with Crippen LogP contribution in [0.5, 0.6) is 0 Å². The molecule has 1 aliphatic rings. The highest BCUT2D eigenvalue weighted by Crippen LogP contribution is 2.39. The lowest BCUT2D eigenvalue weighted by molar-refractivity contribution is -0.596. The zero-order valence-corrected chi connectivity index (χ0v) is 12.9. The molecule has 18 heavy (non-hydrogen) atoms. The fraction of sp³-hybridized carbons (Fsp3) is 0.562. The molecule has 1 aliphatic heterocycles. The standard InChI is InChI=1S/C16H24NS/c1-11(2)16-17(12(3)4)15(13(5)18-16)14-9-7-6-8-10-14/h6-13,15H,1-5H3/q+1/t13-,15-/m0/s1. The van der Waals surface area contributed by atoms with Crippen molar-refractivity contribution in [1.82, 2.24) is 0 Å². The van der Waals surface area contributed by atoms with Gasteiger partial charge in [-0.3, -0.25) is 0 Å². The Kier molecular flexibility index (Phi) is 4.16. The summed E-state index contributed by atoms with van der Waals surface area (Å²) >= 11 is 2.06. The molecule has 2 heteroatoms. The maximum absolute atomic E-state index is 2.62. The van der Waals surface area contributed by atoms with Gasteiger partial charge in [-0.2, -0.15) is 0 Å². The molecule has 0 amide bonds. The molecule has 0 bridgehead atoms. The van der Waals surface area contributed by atoms with Gasteiger partial charge in [-0.1, -0.05) is 55.9 Å². The third-order valence-electron chi connectivity index (χ3n) is 3.50. The number of rotatable bonds is 3. The van der Waals surface area contributed by atoms with Crippen molar-refractivity contribution >= 4 is 16.8 Å². The summed E-state index contributed by atoms with van der Waals surface area (Å²) in [5.74, 6) is 0.619. The highest BCUT2D eigenvalue weighted by atomic mass is 32.2. The molecule has 2 atom stereocenters. The molecule has 1 aromatic carbocycles. The largest absolute Gasteiger partial charge is 0.217 e. The molecular weight excluding hydrogens is 238 g/mol. The molecule has 1 aromatic rings. The molecule has 0 N–H and O–H groups in total. The summed E-state index contributed by atoms with van der Waals surface area (Å²) in [6.45, 7) is 11.6. The van der Waals surface area contributed by atoms with Crippen LogP contribution in [-0.4, -0.2) is 20.9 Å². The molecule has 0 aromatic heterocycles. The van der Waals surface area contributed by atoms with Crippen LogP contribution in [0.25, 0.3) is 0 Å². The molecule has 1 nitrogen and oxygen atoms in total. The summed E-state index contributed by atoms with van der Waals surface area (Å²) in [5.41, 5.74) is 1.45. The van der Waals surface area contributed by atoms with E-state index in [1.807, 2.05) is 0 Å². The van der Waals surface area contributed by atoms with Crippen LogP contribution in [0.1, 0.15) is 46.2 Å². The average Bonchev–Trinajstić information content (AvgIpc) is 2.68. The molecule has 0 saturated heterocycles. The Labute approximate surface area is 115 Å². The fourth-order valence-corrected chi connectivity index (χ4v) is 4.29. The second-order valence-electron chi connectivity index (χ2n) is 5.67. The smallest absolute Gasteiger partial charge is 0.214 e. The molecule has 0 spiro atoms. The van der Waals surface area contributed by atoms with Crippen molar-refractivity contribution in [2.24, 2.45) is 5.92 Å². The lowest BCUT2D eigenvalue weighted by atomic mass is 10.0. The number of benzene rings is 1. The third-order valence-corrected chi connectivity index (χ3v) is 5.05. The zero-order valence-electron chi connectivity index (χ0n) is 12.1. The second-order valence-corrected chi connectivity index (χ2v) is 7.07. The quantitative estimate of drug-likeness (QED) is 0.732. The minimum absolute atomic E-state index is 0.522. The van der Waals surface area contributed by atoms with Crippen LogP contribution in [0.3, 0.4) is 0 Å². The molecule has 0 aliphatic carbocycles. The number of hydrogen-bond acceptors (Lipinski definition) is 1. The van der Waals surface area contributed by atoms with Gasteiger partial charge in [0.25, 0.3) is 0 Å². The van der Waals surface area contributed by atoms with E-state index in [0.717, 1.165) is 0 Å². The van der Waals surface area contributed by atoms with Crippen LogP contribution in [0.15, 0.2) is 30.3 Å². The molecule has 2 rings (SSSR count). The van der Waals surface area contributed by atoms with Gasteiger partial charge in [0.1, 0.15) is 6.04 Å². The maximum Gasteiger partial charge on any atom is 0.214 e. The van der Waals surface area contributed by atoms with E-state index in [1.54, 1.807) is 5.04 Å². The molecule has 98 valence electrons. The van der Waals surface area contributed by atoms with Crippen molar-refractivity contribution in [3.63, 3.8) is 0 Å². The SMILES string of the molecule is CC(C)C1=[N+](C(C)C)[C@H](c2ccccc2)[C@H](C)S1. The Morgan fingerprint density at radius 1 is 1.06 bits per heavy atom. The predicted molar refractivity (Wildman–Crippen MR) is 81.5 cm³/mol. The third kappa shape index (κ3) is 2.49. The molecule has 0 saturated carbocycles. The molecular formula is C16H24NS+. The van der Waals surface area contributed by atoms with Gasteiger partial charge in [0, 0.05) is 11.5 Å². The van der Waals surface area contributed by atoms with Crippen molar-refractivity contribution in [2.75, 3.05) is 0 Å². The summed E-state index contributed by atoms with van der Waals surface area (Å²) in [6.07, 6.45) is 0. The van der Waals surface area contributed by atoms with E-state index in [-0.39, 0.29) is 0 Å². The summed E-state index contributed by atoms with van der Waals surface area (Å²) in [5, 5.41) is 2.18. The van der Waals surface area contributed by atoms with Crippen molar-refractivity contribution in [2.45, 2.75) is 52.0 Å². The molecule has 0 unspecified atom stereocenters. The van der Waals surface area contributed by atoms with Gasteiger partial charge in [-0.25, -0.2) is 4.58 Å². The Morgan fingerprint density at radius 3 is 2.17 bits per heavy atom. The first-order chi connectivity index (χ1) is 8.52. The van der Waals surface area contributed by atoms with E-state index in [1.165, 1.54) is 5.56 Å². The van der Waals surface area contributed by atoms with Gasteiger partial charge in [-0.15, -0.1) is 0 Å². The highest BCUT2D eigenvalue weighted by Gasteiger charge is 2.43. The van der Waals surface area contributed by atoms with Crippen LogP contribution >= 0.6 is 11.8 Å². The lowest BCUT2D eigenvalue weighted by Crippen LogP contribution is -2.29. The Balaban J connectivity index is 2.45. The van der Waals surface area contributed by atoms with E-state index in [9.17, 15) is 0 Å². The predicted octanol–water partition coefficient (Wildman–Crippen LogP) is 4.34. The van der Waals surface area contributed by atoms with Gasteiger partial charge in [-0.05, 0) is 20.8 Å². The summed E-state index contributed by atoms with van der Waals surface area (Å²) in [4.78, 5) is 0. The first kappa shape index (κ1) is 13.7. The fourth-order valence-electron chi connectivity index (χ4n) is 2.77. The topological polar surface area (TPSA) is 3.01 Å². The minimum atomic E-state index is 0.522. The maximum atomic E-state index is 2.62. The van der Waals surface area contributed by atoms with Gasteiger partial charge in [0.2, 0.25) is 5.04 Å². The van der Waals surface area contributed by atoms with Crippen molar-refractivity contribution in [3.8, 4) is 0 Å². The van der Waals surface area contributed by atoms with Crippen LogP contribution in [0, 0.1) is 5.92 Å². The first-order valence-corrected chi connectivity index (χ1v) is 7.77. The van der Waals surface area contributed by atoms with E-state index in [2.05, 4.69) is 81.3 Å². The van der Waals surface area contributed by atoms with Gasteiger partial charge in [0.15, 0.2) is 6.04 Å². The van der Waals surface area contributed by atoms with E-state index in [4.69, 9.17) is 0 Å². The van der Waals surface area contributed by atoms with E-state index < -0.39 is 0 Å². The van der Waals surface area contributed by atoms with Gasteiger partial charge >= 0.3 is 0 Å². The second kappa shape index (κ2) is 5.48. The Bertz CT molecular complexity index is 434. The lowest BCUT2D eigenvalue weighted by Gasteiger charge is -2.17. The first-order valence-electron chi connectivity index (χ1n) is 6.89. The number of nitrogens with zero attached hydrogens (tertiary/aromatic N) is 1. The monoisotopic (exact) mass is 262 g/mol. The molecule has 1 heterocycles. The normalized spacial score (nSPS) is 24.4. The van der Waals surface area contributed by atoms with Crippen LogP contribution < -0.4 is 0 Å². The number of thioether (sulfide) groups is 1. The Morgan fingerprint density at radius 2 is 1.67 bits per heavy atom. The van der Waals surface area contributed by atoms with Crippen LogP contribution in [0.2, 0.25) is 0 Å².